The van der Waals surface area contributed by atoms with Crippen LogP contribution in [0.25, 0.3) is 0 Å². The zero-order valence-corrected chi connectivity index (χ0v) is 19.0. The van der Waals surface area contributed by atoms with Gasteiger partial charge in [-0.2, -0.15) is 18.3 Å². The molecule has 0 aliphatic rings. The number of amides is 3. The van der Waals surface area contributed by atoms with Gasteiger partial charge in [-0.3, -0.25) is 9.48 Å². The molecule has 0 saturated carbocycles. The van der Waals surface area contributed by atoms with Crippen LogP contribution in [0.5, 0.6) is 0 Å². The lowest BCUT2D eigenvalue weighted by molar-refractivity contribution is -0.136. The summed E-state index contributed by atoms with van der Waals surface area (Å²) in [5, 5.41) is 11.7. The van der Waals surface area contributed by atoms with E-state index in [0.717, 1.165) is 23.5 Å². The second-order valence-electron chi connectivity index (χ2n) is 8.13. The molecule has 0 bridgehead atoms. The number of aromatic nitrogens is 2. The number of hydrogen-bond acceptors (Lipinski definition) is 3. The number of nitrogens with zero attached hydrogens (tertiary/aromatic N) is 2. The maximum atomic E-state index is 13.6. The van der Waals surface area contributed by atoms with Crippen LogP contribution in [0.2, 0.25) is 0 Å². The lowest BCUT2D eigenvalue weighted by atomic mass is 10.1. The van der Waals surface area contributed by atoms with Gasteiger partial charge in [-0.15, -0.1) is 0 Å². The first-order valence-electron chi connectivity index (χ1n) is 10.7. The molecule has 0 aliphatic carbocycles. The number of carbonyl (C=O) groups is 2. The van der Waals surface area contributed by atoms with Gasteiger partial charge in [0.15, 0.2) is 0 Å². The van der Waals surface area contributed by atoms with Crippen LogP contribution >= 0.6 is 0 Å². The summed E-state index contributed by atoms with van der Waals surface area (Å²) < 4.78 is 42.7. The molecule has 0 radical (unpaired) electrons. The number of halogens is 3. The molecule has 10 heteroatoms. The smallest absolute Gasteiger partial charge is 0.338 e. The van der Waals surface area contributed by atoms with Crippen molar-refractivity contribution in [3.63, 3.8) is 0 Å². The Kier molecular flexibility index (Phi) is 7.60. The molecule has 1 unspecified atom stereocenters. The fraction of sp³-hybridized carbons (Fsp3) is 0.292. The Morgan fingerprint density at radius 3 is 2.35 bits per heavy atom. The van der Waals surface area contributed by atoms with Crippen LogP contribution < -0.4 is 16.0 Å². The second-order valence-corrected chi connectivity index (χ2v) is 8.13. The van der Waals surface area contributed by atoms with E-state index in [1.165, 1.54) is 6.07 Å². The molecule has 7 nitrogen and oxygen atoms in total. The number of hydrogen-bond donors (Lipinski definition) is 3. The zero-order chi connectivity index (χ0) is 24.9. The van der Waals surface area contributed by atoms with Crippen molar-refractivity contribution in [3.05, 3.63) is 77.1 Å². The molecule has 1 heterocycles. The fourth-order valence-corrected chi connectivity index (χ4v) is 3.41. The molecule has 3 N–H and O–H groups in total. The van der Waals surface area contributed by atoms with E-state index in [1.807, 2.05) is 31.5 Å². The summed E-state index contributed by atoms with van der Waals surface area (Å²) in [6.45, 7) is 6.52. The first-order chi connectivity index (χ1) is 16.0. The molecule has 3 amide bonds. The monoisotopic (exact) mass is 473 g/mol. The van der Waals surface area contributed by atoms with Gasteiger partial charge in [-0.05, 0) is 56.2 Å². The molecule has 180 valence electrons. The van der Waals surface area contributed by atoms with Crippen LogP contribution in [0, 0.1) is 19.8 Å². The van der Waals surface area contributed by atoms with E-state index in [1.54, 1.807) is 30.3 Å². The largest absolute Gasteiger partial charge is 0.418 e. The summed E-state index contributed by atoms with van der Waals surface area (Å²) >= 11 is 0. The Hall–Kier alpha value is -3.82. The van der Waals surface area contributed by atoms with Crippen LogP contribution in [0.3, 0.4) is 0 Å². The lowest BCUT2D eigenvalue weighted by Crippen LogP contribution is -2.34. The molecular formula is C24H26F3N5O2. The molecule has 34 heavy (non-hydrogen) atoms. The highest BCUT2D eigenvalue weighted by atomic mass is 19.4. The third-order valence-electron chi connectivity index (χ3n) is 5.07. The van der Waals surface area contributed by atoms with Crippen molar-refractivity contribution in [2.24, 2.45) is 5.92 Å². The van der Waals surface area contributed by atoms with Crippen LogP contribution in [-0.2, 0) is 12.7 Å². The van der Waals surface area contributed by atoms with Crippen LogP contribution in [0.1, 0.15) is 34.2 Å². The van der Waals surface area contributed by atoms with Crippen LogP contribution in [-0.4, -0.2) is 28.3 Å². The van der Waals surface area contributed by atoms with Crippen molar-refractivity contribution in [1.29, 1.82) is 0 Å². The number of benzene rings is 2. The lowest BCUT2D eigenvalue weighted by Gasteiger charge is -2.17. The first kappa shape index (κ1) is 24.8. The fourth-order valence-electron chi connectivity index (χ4n) is 3.41. The minimum Gasteiger partial charge on any atom is -0.338 e. The maximum Gasteiger partial charge on any atom is 0.418 e. The average Bonchev–Trinajstić information content (AvgIpc) is 3.09. The van der Waals surface area contributed by atoms with Gasteiger partial charge in [-0.1, -0.05) is 25.1 Å². The third kappa shape index (κ3) is 6.60. The summed E-state index contributed by atoms with van der Waals surface area (Å²) in [4.78, 5) is 24.5. The van der Waals surface area contributed by atoms with Crippen LogP contribution in [0.15, 0.2) is 54.6 Å². The first-order valence-corrected chi connectivity index (χ1v) is 10.7. The van der Waals surface area contributed by atoms with E-state index in [4.69, 9.17) is 0 Å². The van der Waals surface area contributed by atoms with E-state index >= 15 is 0 Å². The Bertz CT molecular complexity index is 1160. The summed E-state index contributed by atoms with van der Waals surface area (Å²) in [6, 6.07) is 12.5. The highest BCUT2D eigenvalue weighted by Crippen LogP contribution is 2.36. The minimum absolute atomic E-state index is 0.00131. The van der Waals surface area contributed by atoms with Crippen molar-refractivity contribution in [2.45, 2.75) is 33.5 Å². The number of rotatable bonds is 7. The molecule has 3 aromatic rings. The number of anilines is 2. The number of carbonyl (C=O) groups excluding carboxylic acids is 2. The van der Waals surface area contributed by atoms with Gasteiger partial charge in [0.2, 0.25) is 0 Å². The highest BCUT2D eigenvalue weighted by Gasteiger charge is 2.34. The summed E-state index contributed by atoms with van der Waals surface area (Å²) in [6.07, 6.45) is -4.74. The van der Waals surface area contributed by atoms with Crippen molar-refractivity contribution >= 4 is 23.3 Å². The summed E-state index contributed by atoms with van der Waals surface area (Å²) in [5.41, 5.74) is 0.678. The molecule has 2 aromatic carbocycles. The molecule has 1 atom stereocenters. The molecule has 0 spiro atoms. The average molecular weight is 473 g/mol. The van der Waals surface area contributed by atoms with Crippen molar-refractivity contribution in [1.82, 2.24) is 15.1 Å². The minimum atomic E-state index is -4.74. The van der Waals surface area contributed by atoms with Gasteiger partial charge in [0.05, 0.1) is 16.9 Å². The van der Waals surface area contributed by atoms with Crippen molar-refractivity contribution in [2.75, 3.05) is 17.2 Å². The third-order valence-corrected chi connectivity index (χ3v) is 5.07. The van der Waals surface area contributed by atoms with Gasteiger partial charge in [0.25, 0.3) is 5.91 Å². The van der Waals surface area contributed by atoms with Crippen molar-refractivity contribution < 1.29 is 22.8 Å². The van der Waals surface area contributed by atoms with Gasteiger partial charge in [-0.25, -0.2) is 4.79 Å². The van der Waals surface area contributed by atoms with Gasteiger partial charge in [0.1, 0.15) is 0 Å². The highest BCUT2D eigenvalue weighted by molar-refractivity contribution is 6.04. The van der Waals surface area contributed by atoms with E-state index in [-0.39, 0.29) is 18.2 Å². The van der Waals surface area contributed by atoms with E-state index < -0.39 is 29.4 Å². The van der Waals surface area contributed by atoms with Gasteiger partial charge >= 0.3 is 12.2 Å². The molecule has 0 aliphatic heterocycles. The van der Waals surface area contributed by atoms with Crippen LogP contribution in [0.4, 0.5) is 29.3 Å². The van der Waals surface area contributed by atoms with Gasteiger partial charge in [0, 0.05) is 30.0 Å². The second kappa shape index (κ2) is 10.4. The van der Waals surface area contributed by atoms with E-state index in [9.17, 15) is 22.8 Å². The summed E-state index contributed by atoms with van der Waals surface area (Å²) in [5.74, 6) is -0.537. The molecule has 3 rings (SSSR count). The standard InChI is InChI=1S/C24H26F3N5O2/c1-15(14-32-17(3)11-16(2)31-32)13-28-23(34)30-21-10-9-19(12-20(21)24(25,26)27)29-22(33)18-7-5-4-6-8-18/h4-12,15H,13-14H2,1-3H3,(H,29,33)(H2,28,30,34). The van der Waals surface area contributed by atoms with Gasteiger partial charge < -0.3 is 16.0 Å². The Labute approximate surface area is 195 Å². The maximum absolute atomic E-state index is 13.6. The number of alkyl halides is 3. The topological polar surface area (TPSA) is 88.0 Å². The predicted molar refractivity (Wildman–Crippen MR) is 124 cm³/mol. The Morgan fingerprint density at radius 2 is 1.74 bits per heavy atom. The van der Waals surface area contributed by atoms with E-state index in [0.29, 0.717) is 12.1 Å². The normalized spacial score (nSPS) is 12.2. The SMILES string of the molecule is Cc1cc(C)n(CC(C)CNC(=O)Nc2ccc(NC(=O)c3ccccc3)cc2C(F)(F)F)n1. The molecular weight excluding hydrogens is 447 g/mol. The number of urea groups is 1. The summed E-state index contributed by atoms with van der Waals surface area (Å²) in [7, 11) is 0. The molecule has 1 aromatic heterocycles. The zero-order valence-electron chi connectivity index (χ0n) is 19.0. The molecule has 0 fully saturated rings. The Morgan fingerprint density at radius 1 is 1.03 bits per heavy atom. The Balaban J connectivity index is 1.64. The van der Waals surface area contributed by atoms with Crippen molar-refractivity contribution in [3.8, 4) is 0 Å². The molecule has 0 saturated heterocycles. The predicted octanol–water partition coefficient (Wildman–Crippen LogP) is 5.23. The number of aryl methyl sites for hydroxylation is 2. The number of nitrogens with one attached hydrogen (secondary N) is 3. The quantitative estimate of drug-likeness (QED) is 0.439. The van der Waals surface area contributed by atoms with E-state index in [2.05, 4.69) is 21.0 Å².